The third-order valence-electron chi connectivity index (χ3n) is 3.53. The molecule has 0 radical (unpaired) electrons. The Kier molecular flexibility index (Phi) is 5.99. The molecule has 0 heterocycles. The molecule has 0 amide bonds. The first-order chi connectivity index (χ1) is 8.15. The number of methoxy groups -OCH3 is 1. The molecule has 4 heteroatoms. The van der Waals surface area contributed by atoms with Crippen LogP contribution in [0.4, 0.5) is 0 Å². The van der Waals surface area contributed by atoms with Crippen LogP contribution >= 0.6 is 0 Å². The molecule has 1 saturated carbocycles. The van der Waals surface area contributed by atoms with Gasteiger partial charge in [-0.1, -0.05) is 19.8 Å². The van der Waals surface area contributed by atoms with Gasteiger partial charge in [0.05, 0.1) is 26.3 Å². The normalized spacial score (nSPS) is 24.4. The SMILES string of the molecule is COC(=O)CN(CC#N)CC1CCC(C)CC1. The summed E-state index contributed by atoms with van der Waals surface area (Å²) in [5, 5.41) is 8.75. The van der Waals surface area contributed by atoms with Crippen molar-refractivity contribution in [3.05, 3.63) is 0 Å². The summed E-state index contributed by atoms with van der Waals surface area (Å²) in [5.41, 5.74) is 0. The maximum absolute atomic E-state index is 11.2. The van der Waals surface area contributed by atoms with Crippen LogP contribution in [0, 0.1) is 23.2 Å². The van der Waals surface area contributed by atoms with Crippen LogP contribution in [0.5, 0.6) is 0 Å². The molecule has 0 unspecified atom stereocenters. The van der Waals surface area contributed by atoms with E-state index in [-0.39, 0.29) is 12.5 Å². The fourth-order valence-electron chi connectivity index (χ4n) is 2.41. The molecular formula is C13H22N2O2. The maximum atomic E-state index is 11.2. The summed E-state index contributed by atoms with van der Waals surface area (Å²) in [4.78, 5) is 13.1. The second kappa shape index (κ2) is 7.29. The first kappa shape index (κ1) is 14.0. The molecule has 1 fully saturated rings. The van der Waals surface area contributed by atoms with Gasteiger partial charge in [-0.25, -0.2) is 0 Å². The molecule has 0 spiro atoms. The smallest absolute Gasteiger partial charge is 0.319 e. The van der Waals surface area contributed by atoms with Crippen LogP contribution in [0.3, 0.4) is 0 Å². The number of hydrogen-bond donors (Lipinski definition) is 0. The van der Waals surface area contributed by atoms with E-state index in [0.29, 0.717) is 12.5 Å². The van der Waals surface area contributed by atoms with E-state index in [9.17, 15) is 4.79 Å². The molecule has 1 aliphatic rings. The van der Waals surface area contributed by atoms with Gasteiger partial charge in [0, 0.05) is 6.54 Å². The molecular weight excluding hydrogens is 216 g/mol. The Labute approximate surface area is 104 Å². The molecule has 1 rings (SSSR count). The lowest BCUT2D eigenvalue weighted by molar-refractivity contribution is -0.141. The maximum Gasteiger partial charge on any atom is 0.319 e. The number of carbonyl (C=O) groups is 1. The highest BCUT2D eigenvalue weighted by Gasteiger charge is 2.21. The van der Waals surface area contributed by atoms with Gasteiger partial charge in [0.2, 0.25) is 0 Å². The molecule has 0 aromatic heterocycles. The second-order valence-electron chi connectivity index (χ2n) is 5.03. The fraction of sp³-hybridized carbons (Fsp3) is 0.846. The van der Waals surface area contributed by atoms with Gasteiger partial charge in [-0.3, -0.25) is 9.69 Å². The van der Waals surface area contributed by atoms with Crippen molar-refractivity contribution in [3.8, 4) is 6.07 Å². The van der Waals surface area contributed by atoms with Crippen LogP contribution in [0.2, 0.25) is 0 Å². The number of ether oxygens (including phenoxy) is 1. The van der Waals surface area contributed by atoms with Crippen LogP contribution in [0.15, 0.2) is 0 Å². The van der Waals surface area contributed by atoms with Gasteiger partial charge < -0.3 is 4.74 Å². The fourth-order valence-corrected chi connectivity index (χ4v) is 2.41. The highest BCUT2D eigenvalue weighted by atomic mass is 16.5. The molecule has 1 aliphatic carbocycles. The summed E-state index contributed by atoms with van der Waals surface area (Å²) < 4.78 is 4.64. The van der Waals surface area contributed by atoms with Crippen molar-refractivity contribution < 1.29 is 9.53 Å². The van der Waals surface area contributed by atoms with E-state index in [1.54, 1.807) is 0 Å². The monoisotopic (exact) mass is 238 g/mol. The van der Waals surface area contributed by atoms with Crippen LogP contribution < -0.4 is 0 Å². The van der Waals surface area contributed by atoms with Crippen molar-refractivity contribution in [2.45, 2.75) is 32.6 Å². The Morgan fingerprint density at radius 1 is 1.41 bits per heavy atom. The van der Waals surface area contributed by atoms with Gasteiger partial charge in [-0.05, 0) is 24.7 Å². The summed E-state index contributed by atoms with van der Waals surface area (Å²) in [6.45, 7) is 3.67. The van der Waals surface area contributed by atoms with Gasteiger partial charge in [-0.2, -0.15) is 5.26 Å². The Hall–Kier alpha value is -1.08. The molecule has 0 N–H and O–H groups in total. The molecule has 0 aromatic rings. The number of rotatable bonds is 5. The Morgan fingerprint density at radius 2 is 2.06 bits per heavy atom. The molecule has 17 heavy (non-hydrogen) atoms. The number of nitrogens with zero attached hydrogens (tertiary/aromatic N) is 2. The van der Waals surface area contributed by atoms with Gasteiger partial charge in [0.15, 0.2) is 0 Å². The van der Waals surface area contributed by atoms with Crippen molar-refractivity contribution in [2.75, 3.05) is 26.7 Å². The second-order valence-corrected chi connectivity index (χ2v) is 5.03. The number of esters is 1. The Bertz CT molecular complexity index is 278. The minimum atomic E-state index is -0.260. The molecule has 0 bridgehead atoms. The van der Waals surface area contributed by atoms with Crippen molar-refractivity contribution in [3.63, 3.8) is 0 Å². The lowest BCUT2D eigenvalue weighted by Crippen LogP contribution is -2.36. The topological polar surface area (TPSA) is 53.3 Å². The van der Waals surface area contributed by atoms with E-state index >= 15 is 0 Å². The van der Waals surface area contributed by atoms with Gasteiger partial charge in [0.25, 0.3) is 0 Å². The summed E-state index contributed by atoms with van der Waals surface area (Å²) >= 11 is 0. The lowest BCUT2D eigenvalue weighted by Gasteiger charge is -2.30. The van der Waals surface area contributed by atoms with E-state index in [1.807, 2.05) is 4.90 Å². The first-order valence-electron chi connectivity index (χ1n) is 6.31. The summed E-state index contributed by atoms with van der Waals surface area (Å²) in [6, 6.07) is 2.11. The quantitative estimate of drug-likeness (QED) is 0.541. The summed E-state index contributed by atoms with van der Waals surface area (Å²) in [5.74, 6) is 1.20. The number of hydrogen-bond acceptors (Lipinski definition) is 4. The van der Waals surface area contributed by atoms with Crippen molar-refractivity contribution in [1.29, 1.82) is 5.26 Å². The van der Waals surface area contributed by atoms with E-state index in [4.69, 9.17) is 5.26 Å². The first-order valence-corrected chi connectivity index (χ1v) is 6.31. The minimum Gasteiger partial charge on any atom is -0.468 e. The zero-order chi connectivity index (χ0) is 12.7. The molecule has 0 aliphatic heterocycles. The molecule has 0 aromatic carbocycles. The number of nitriles is 1. The average molecular weight is 238 g/mol. The third kappa shape index (κ3) is 5.18. The zero-order valence-electron chi connectivity index (χ0n) is 10.8. The summed E-state index contributed by atoms with van der Waals surface area (Å²) in [7, 11) is 1.38. The van der Waals surface area contributed by atoms with Crippen LogP contribution in [0.1, 0.15) is 32.6 Å². The summed E-state index contributed by atoms with van der Waals surface area (Å²) in [6.07, 6.45) is 4.96. The van der Waals surface area contributed by atoms with E-state index < -0.39 is 0 Å². The van der Waals surface area contributed by atoms with E-state index in [2.05, 4.69) is 17.7 Å². The van der Waals surface area contributed by atoms with Crippen molar-refractivity contribution in [2.24, 2.45) is 11.8 Å². The standard InChI is InChI=1S/C13H22N2O2/c1-11-3-5-12(6-4-11)9-15(8-7-14)10-13(16)17-2/h11-12H,3-6,8-10H2,1-2H3. The van der Waals surface area contributed by atoms with E-state index in [0.717, 1.165) is 12.5 Å². The predicted molar refractivity (Wildman–Crippen MR) is 65.2 cm³/mol. The van der Waals surface area contributed by atoms with Crippen LogP contribution in [-0.2, 0) is 9.53 Å². The highest BCUT2D eigenvalue weighted by molar-refractivity contribution is 5.71. The minimum absolute atomic E-state index is 0.232. The predicted octanol–water partition coefficient (Wildman–Crippen LogP) is 1.81. The molecule has 0 atom stereocenters. The molecule has 96 valence electrons. The number of carbonyl (C=O) groups excluding carboxylic acids is 1. The molecule has 4 nitrogen and oxygen atoms in total. The third-order valence-corrected chi connectivity index (χ3v) is 3.53. The highest BCUT2D eigenvalue weighted by Crippen LogP contribution is 2.28. The lowest BCUT2D eigenvalue weighted by atomic mass is 9.83. The van der Waals surface area contributed by atoms with Crippen LogP contribution in [0.25, 0.3) is 0 Å². The zero-order valence-corrected chi connectivity index (χ0v) is 10.8. The average Bonchev–Trinajstić information content (AvgIpc) is 2.32. The van der Waals surface area contributed by atoms with Crippen LogP contribution in [-0.4, -0.2) is 37.6 Å². The molecule has 0 saturated heterocycles. The Morgan fingerprint density at radius 3 is 2.59 bits per heavy atom. The van der Waals surface area contributed by atoms with Gasteiger partial charge in [0.1, 0.15) is 0 Å². The largest absolute Gasteiger partial charge is 0.468 e. The Balaban J connectivity index is 2.38. The van der Waals surface area contributed by atoms with Gasteiger partial charge in [-0.15, -0.1) is 0 Å². The van der Waals surface area contributed by atoms with Crippen molar-refractivity contribution >= 4 is 5.97 Å². The van der Waals surface area contributed by atoms with Gasteiger partial charge >= 0.3 is 5.97 Å². The van der Waals surface area contributed by atoms with E-state index in [1.165, 1.54) is 32.8 Å². The van der Waals surface area contributed by atoms with Crippen molar-refractivity contribution in [1.82, 2.24) is 4.90 Å².